The van der Waals surface area contributed by atoms with Gasteiger partial charge in [-0.25, -0.2) is 0 Å². The molecule has 0 radical (unpaired) electrons. The Morgan fingerprint density at radius 3 is 2.60 bits per heavy atom. The molecular weight excluding hydrogens is 256 g/mol. The Morgan fingerprint density at radius 2 is 1.85 bits per heavy atom. The summed E-state index contributed by atoms with van der Waals surface area (Å²) in [6.07, 6.45) is 6.18. The highest BCUT2D eigenvalue weighted by Gasteiger charge is 2.61. The standard InChI is InChI=1S/C16H24O4/c1-8-10(3-4-11-13(8)19-11)7-16(15(17)18)6-5-12-14(20-12)9(16)2/h8-14H,3-7H2,1-2H3,(H,17,18). The number of epoxide rings is 2. The first-order valence-electron chi connectivity index (χ1n) is 8.07. The van der Waals surface area contributed by atoms with Crippen molar-refractivity contribution >= 4 is 5.97 Å². The minimum atomic E-state index is -0.606. The average molecular weight is 280 g/mol. The van der Waals surface area contributed by atoms with Gasteiger partial charge in [-0.2, -0.15) is 0 Å². The Bertz CT molecular complexity index is 436. The molecule has 8 atom stereocenters. The summed E-state index contributed by atoms with van der Waals surface area (Å²) < 4.78 is 11.3. The summed E-state index contributed by atoms with van der Waals surface area (Å²) in [7, 11) is 0. The number of rotatable bonds is 3. The first-order chi connectivity index (χ1) is 9.53. The van der Waals surface area contributed by atoms with Crippen molar-refractivity contribution in [1.82, 2.24) is 0 Å². The van der Waals surface area contributed by atoms with Crippen molar-refractivity contribution in [3.63, 3.8) is 0 Å². The molecule has 0 aromatic heterocycles. The van der Waals surface area contributed by atoms with E-state index in [0.717, 1.165) is 32.1 Å². The zero-order valence-corrected chi connectivity index (χ0v) is 12.2. The van der Waals surface area contributed by atoms with Gasteiger partial charge in [0, 0.05) is 5.92 Å². The minimum Gasteiger partial charge on any atom is -0.481 e. The quantitative estimate of drug-likeness (QED) is 0.807. The Labute approximate surface area is 119 Å². The number of hydrogen-bond donors (Lipinski definition) is 1. The van der Waals surface area contributed by atoms with Crippen molar-refractivity contribution in [1.29, 1.82) is 0 Å². The molecule has 8 unspecified atom stereocenters. The fourth-order valence-corrected chi connectivity index (χ4v) is 4.96. The van der Waals surface area contributed by atoms with Crippen molar-refractivity contribution in [2.75, 3.05) is 0 Å². The lowest BCUT2D eigenvalue weighted by Crippen LogP contribution is -2.46. The second-order valence-corrected chi connectivity index (χ2v) is 7.47. The van der Waals surface area contributed by atoms with Crippen LogP contribution in [0.25, 0.3) is 0 Å². The van der Waals surface area contributed by atoms with Gasteiger partial charge in [0.1, 0.15) is 0 Å². The van der Waals surface area contributed by atoms with Gasteiger partial charge in [-0.1, -0.05) is 13.8 Å². The molecular formula is C16H24O4. The second-order valence-electron chi connectivity index (χ2n) is 7.47. The zero-order chi connectivity index (χ0) is 14.1. The van der Waals surface area contributed by atoms with E-state index in [1.54, 1.807) is 0 Å². The summed E-state index contributed by atoms with van der Waals surface area (Å²) >= 11 is 0. The number of ether oxygens (including phenoxy) is 2. The van der Waals surface area contributed by atoms with Crippen LogP contribution in [0, 0.1) is 23.2 Å². The number of carbonyl (C=O) groups is 1. The molecule has 0 bridgehead atoms. The molecule has 4 aliphatic rings. The topological polar surface area (TPSA) is 62.4 Å². The molecule has 112 valence electrons. The number of aliphatic carboxylic acids is 1. The van der Waals surface area contributed by atoms with Crippen LogP contribution in [-0.4, -0.2) is 35.5 Å². The van der Waals surface area contributed by atoms with Crippen LogP contribution in [-0.2, 0) is 14.3 Å². The zero-order valence-electron chi connectivity index (χ0n) is 12.2. The van der Waals surface area contributed by atoms with E-state index in [1.165, 1.54) is 0 Å². The maximum Gasteiger partial charge on any atom is 0.310 e. The van der Waals surface area contributed by atoms with E-state index < -0.39 is 11.4 Å². The number of carboxylic acids is 1. The van der Waals surface area contributed by atoms with Crippen molar-refractivity contribution in [2.24, 2.45) is 23.2 Å². The van der Waals surface area contributed by atoms with Gasteiger partial charge in [0.2, 0.25) is 0 Å². The van der Waals surface area contributed by atoms with Crippen LogP contribution in [0.15, 0.2) is 0 Å². The van der Waals surface area contributed by atoms with Crippen LogP contribution in [0.4, 0.5) is 0 Å². The van der Waals surface area contributed by atoms with Gasteiger partial charge in [0.25, 0.3) is 0 Å². The summed E-state index contributed by atoms with van der Waals surface area (Å²) in [5.41, 5.74) is -0.571. The summed E-state index contributed by atoms with van der Waals surface area (Å²) in [6, 6.07) is 0. The lowest BCUT2D eigenvalue weighted by Gasteiger charge is -2.41. The summed E-state index contributed by atoms with van der Waals surface area (Å²) in [5.74, 6) is 0.538. The summed E-state index contributed by atoms with van der Waals surface area (Å²) in [4.78, 5) is 12.0. The Kier molecular flexibility index (Phi) is 2.75. The van der Waals surface area contributed by atoms with Gasteiger partial charge in [-0.05, 0) is 43.9 Å². The van der Waals surface area contributed by atoms with Gasteiger partial charge in [-0.15, -0.1) is 0 Å². The van der Waals surface area contributed by atoms with E-state index in [2.05, 4.69) is 13.8 Å². The molecule has 0 aromatic carbocycles. The van der Waals surface area contributed by atoms with Gasteiger partial charge < -0.3 is 14.6 Å². The molecule has 2 saturated heterocycles. The van der Waals surface area contributed by atoms with Gasteiger partial charge in [0.05, 0.1) is 29.8 Å². The Morgan fingerprint density at radius 1 is 1.15 bits per heavy atom. The van der Waals surface area contributed by atoms with E-state index in [0.29, 0.717) is 30.1 Å². The normalized spacial score (nSPS) is 56.6. The molecule has 4 heteroatoms. The molecule has 2 saturated carbocycles. The number of fused-ring (bicyclic) bond motifs is 2. The monoisotopic (exact) mass is 280 g/mol. The van der Waals surface area contributed by atoms with Crippen molar-refractivity contribution in [3.05, 3.63) is 0 Å². The maximum absolute atomic E-state index is 12.0. The van der Waals surface area contributed by atoms with E-state index in [-0.39, 0.29) is 12.0 Å². The van der Waals surface area contributed by atoms with Gasteiger partial charge in [-0.3, -0.25) is 4.79 Å². The molecule has 4 nitrogen and oxygen atoms in total. The molecule has 2 heterocycles. The minimum absolute atomic E-state index is 0.142. The molecule has 1 N–H and O–H groups in total. The highest BCUT2D eigenvalue weighted by Crippen LogP contribution is 2.56. The van der Waals surface area contributed by atoms with E-state index in [4.69, 9.17) is 9.47 Å². The van der Waals surface area contributed by atoms with Crippen LogP contribution < -0.4 is 0 Å². The van der Waals surface area contributed by atoms with Crippen LogP contribution in [0.3, 0.4) is 0 Å². The average Bonchev–Trinajstić information content (AvgIpc) is 3.28. The van der Waals surface area contributed by atoms with Crippen LogP contribution in [0.2, 0.25) is 0 Å². The van der Waals surface area contributed by atoms with E-state index >= 15 is 0 Å². The Balaban J connectivity index is 1.55. The van der Waals surface area contributed by atoms with Crippen LogP contribution >= 0.6 is 0 Å². The molecule has 0 spiro atoms. The lowest BCUT2D eigenvalue weighted by atomic mass is 9.60. The highest BCUT2D eigenvalue weighted by molar-refractivity contribution is 5.75. The van der Waals surface area contributed by atoms with Crippen molar-refractivity contribution in [3.8, 4) is 0 Å². The predicted molar refractivity (Wildman–Crippen MR) is 72.3 cm³/mol. The Hall–Kier alpha value is -0.610. The number of carboxylic acid groups (broad SMARTS) is 1. The SMILES string of the molecule is CC1C(CC2(C(=O)O)CCC3OC3C2C)CCC2OC21. The molecule has 4 rings (SSSR count). The largest absolute Gasteiger partial charge is 0.481 e. The van der Waals surface area contributed by atoms with Crippen molar-refractivity contribution in [2.45, 2.75) is 70.4 Å². The maximum atomic E-state index is 12.0. The van der Waals surface area contributed by atoms with Crippen LogP contribution in [0.5, 0.6) is 0 Å². The third-order valence-electron chi connectivity index (χ3n) is 6.62. The van der Waals surface area contributed by atoms with E-state index in [9.17, 15) is 9.90 Å². The molecule has 2 aliphatic carbocycles. The molecule has 20 heavy (non-hydrogen) atoms. The molecule has 4 fully saturated rings. The van der Waals surface area contributed by atoms with Gasteiger partial charge >= 0.3 is 5.97 Å². The summed E-state index contributed by atoms with van der Waals surface area (Å²) in [6.45, 7) is 4.33. The highest BCUT2D eigenvalue weighted by atomic mass is 16.6. The van der Waals surface area contributed by atoms with Crippen LogP contribution in [0.1, 0.15) is 46.0 Å². The third kappa shape index (κ3) is 1.77. The molecule has 0 amide bonds. The lowest BCUT2D eigenvalue weighted by molar-refractivity contribution is -0.156. The smallest absolute Gasteiger partial charge is 0.310 e. The van der Waals surface area contributed by atoms with Gasteiger partial charge in [0.15, 0.2) is 0 Å². The molecule has 0 aromatic rings. The third-order valence-corrected chi connectivity index (χ3v) is 6.62. The first kappa shape index (κ1) is 13.1. The summed E-state index contributed by atoms with van der Waals surface area (Å²) in [5, 5.41) is 9.90. The van der Waals surface area contributed by atoms with Crippen molar-refractivity contribution < 1.29 is 19.4 Å². The first-order valence-corrected chi connectivity index (χ1v) is 8.07. The fraction of sp³-hybridized carbons (Fsp3) is 0.938. The van der Waals surface area contributed by atoms with E-state index in [1.807, 2.05) is 0 Å². The second kappa shape index (κ2) is 4.20. The fourth-order valence-electron chi connectivity index (χ4n) is 4.96. The predicted octanol–water partition coefficient (Wildman–Crippen LogP) is 2.46. The molecule has 2 aliphatic heterocycles. The number of hydrogen-bond acceptors (Lipinski definition) is 3.